The van der Waals surface area contributed by atoms with Crippen molar-refractivity contribution in [2.75, 3.05) is 19.0 Å². The molecule has 144 valence electrons. The summed E-state index contributed by atoms with van der Waals surface area (Å²) in [6.45, 7) is -0.724. The van der Waals surface area contributed by atoms with Gasteiger partial charge in [0.2, 0.25) is 10.0 Å². The van der Waals surface area contributed by atoms with Gasteiger partial charge in [-0.05, 0) is 53.3 Å². The van der Waals surface area contributed by atoms with Crippen molar-refractivity contribution >= 4 is 43.5 Å². The lowest BCUT2D eigenvalue weighted by atomic mass is 10.2. The van der Waals surface area contributed by atoms with Crippen LogP contribution in [-0.4, -0.2) is 33.9 Å². The van der Waals surface area contributed by atoms with E-state index in [1.807, 2.05) is 0 Å². The average Bonchev–Trinajstić information content (AvgIpc) is 2.62. The van der Waals surface area contributed by atoms with Crippen LogP contribution in [0.1, 0.15) is 10.4 Å². The molecule has 0 saturated carbocycles. The number of hydrogen-bond donors (Lipinski definition) is 2. The Labute approximate surface area is 161 Å². The second kappa shape index (κ2) is 8.55. The van der Waals surface area contributed by atoms with Crippen LogP contribution in [0, 0.1) is 11.6 Å². The number of carbonyl (C=O) groups is 2. The third kappa shape index (κ3) is 5.31. The third-order valence-electron chi connectivity index (χ3n) is 3.27. The van der Waals surface area contributed by atoms with Crippen molar-refractivity contribution in [2.45, 2.75) is 4.90 Å². The average molecular weight is 463 g/mol. The highest BCUT2D eigenvalue weighted by atomic mass is 79.9. The molecule has 27 heavy (non-hydrogen) atoms. The molecule has 0 aliphatic heterocycles. The van der Waals surface area contributed by atoms with Gasteiger partial charge in [0.15, 0.2) is 12.4 Å². The Kier molecular flexibility index (Phi) is 6.63. The van der Waals surface area contributed by atoms with Gasteiger partial charge < -0.3 is 10.1 Å². The Hall–Kier alpha value is -2.37. The Balaban J connectivity index is 1.98. The number of halogens is 3. The van der Waals surface area contributed by atoms with Crippen LogP contribution in [0.4, 0.5) is 14.5 Å². The van der Waals surface area contributed by atoms with E-state index >= 15 is 0 Å². The fraction of sp³-hybridized carbons (Fsp3) is 0.125. The molecule has 0 aromatic heterocycles. The van der Waals surface area contributed by atoms with Crippen LogP contribution in [0.2, 0.25) is 0 Å². The predicted molar refractivity (Wildman–Crippen MR) is 95.7 cm³/mol. The van der Waals surface area contributed by atoms with E-state index < -0.39 is 40.1 Å². The highest BCUT2D eigenvalue weighted by Crippen LogP contribution is 2.26. The molecule has 0 heterocycles. The van der Waals surface area contributed by atoms with E-state index in [1.54, 1.807) is 0 Å². The summed E-state index contributed by atoms with van der Waals surface area (Å²) in [5, 5.41) is 2.16. The monoisotopic (exact) mass is 462 g/mol. The number of sulfonamides is 1. The summed E-state index contributed by atoms with van der Waals surface area (Å²) in [7, 11) is -2.40. The van der Waals surface area contributed by atoms with Crippen LogP contribution >= 0.6 is 15.9 Å². The Morgan fingerprint density at radius 3 is 2.33 bits per heavy atom. The zero-order chi connectivity index (χ0) is 20.2. The molecule has 0 radical (unpaired) electrons. The lowest BCUT2D eigenvalue weighted by Crippen LogP contribution is -2.22. The highest BCUT2D eigenvalue weighted by molar-refractivity contribution is 9.10. The van der Waals surface area contributed by atoms with Gasteiger partial charge in [-0.25, -0.2) is 26.7 Å². The quantitative estimate of drug-likeness (QED) is 0.641. The number of rotatable bonds is 6. The van der Waals surface area contributed by atoms with Crippen LogP contribution in [0.15, 0.2) is 45.8 Å². The molecule has 1 amide bonds. The first-order valence-electron chi connectivity index (χ1n) is 7.29. The lowest BCUT2D eigenvalue weighted by molar-refractivity contribution is -0.119. The van der Waals surface area contributed by atoms with Crippen LogP contribution in [0.3, 0.4) is 0 Å². The molecule has 2 N–H and O–H groups in total. The van der Waals surface area contributed by atoms with Crippen molar-refractivity contribution in [2.24, 2.45) is 0 Å². The summed E-state index contributed by atoms with van der Waals surface area (Å²) in [6, 6.07) is 6.40. The lowest BCUT2D eigenvalue weighted by Gasteiger charge is -2.09. The number of amides is 1. The third-order valence-corrected chi connectivity index (χ3v) is 5.33. The molecular weight excluding hydrogens is 450 g/mol. The first-order chi connectivity index (χ1) is 12.6. The number of carbonyl (C=O) groups excluding carboxylic acids is 2. The maximum atomic E-state index is 13.7. The summed E-state index contributed by atoms with van der Waals surface area (Å²) in [4.78, 5) is 23.7. The number of ether oxygens (including phenoxy) is 1. The van der Waals surface area contributed by atoms with Gasteiger partial charge in [0, 0.05) is 10.5 Å². The van der Waals surface area contributed by atoms with Gasteiger partial charge >= 0.3 is 5.97 Å². The minimum absolute atomic E-state index is 0.0130. The molecule has 0 unspecified atom stereocenters. The van der Waals surface area contributed by atoms with E-state index in [-0.39, 0.29) is 20.6 Å². The molecule has 0 saturated heterocycles. The molecule has 2 aromatic carbocycles. The van der Waals surface area contributed by atoms with Gasteiger partial charge in [-0.1, -0.05) is 0 Å². The number of anilines is 1. The maximum absolute atomic E-state index is 13.7. The van der Waals surface area contributed by atoms with Crippen molar-refractivity contribution in [3.8, 4) is 0 Å². The molecular formula is C16H13BrF2N2O5S. The largest absolute Gasteiger partial charge is 0.452 e. The minimum Gasteiger partial charge on any atom is -0.452 e. The topological polar surface area (TPSA) is 102 Å². The molecule has 0 aliphatic rings. The standard InChI is InChI=1S/C16H13BrF2N2O5S/c1-20-27(24,25)11-4-2-9(3-5-11)16(23)26-8-14(22)21-15-12(17)6-10(18)7-13(15)19/h2-7,20H,8H2,1H3,(H,21,22). The SMILES string of the molecule is CNS(=O)(=O)c1ccc(C(=O)OCC(=O)Nc2c(F)cc(F)cc2Br)cc1. The smallest absolute Gasteiger partial charge is 0.338 e. The fourth-order valence-electron chi connectivity index (χ4n) is 1.94. The molecule has 0 spiro atoms. The van der Waals surface area contributed by atoms with Gasteiger partial charge in [0.05, 0.1) is 16.1 Å². The number of nitrogens with one attached hydrogen (secondary N) is 2. The van der Waals surface area contributed by atoms with Crippen molar-refractivity contribution in [1.29, 1.82) is 0 Å². The normalized spacial score (nSPS) is 11.1. The zero-order valence-electron chi connectivity index (χ0n) is 13.8. The first-order valence-corrected chi connectivity index (χ1v) is 9.57. The van der Waals surface area contributed by atoms with E-state index in [2.05, 4.69) is 26.0 Å². The Bertz CT molecular complexity index is 958. The van der Waals surface area contributed by atoms with E-state index in [0.29, 0.717) is 6.07 Å². The summed E-state index contributed by atoms with van der Waals surface area (Å²) >= 11 is 2.92. The summed E-state index contributed by atoms with van der Waals surface area (Å²) < 4.78 is 56.8. The van der Waals surface area contributed by atoms with Crippen molar-refractivity contribution in [1.82, 2.24) is 4.72 Å². The summed E-state index contributed by atoms with van der Waals surface area (Å²) in [5.41, 5.74) is -0.272. The van der Waals surface area contributed by atoms with E-state index in [0.717, 1.165) is 6.07 Å². The molecule has 0 aliphatic carbocycles. The molecule has 2 rings (SSSR count). The van der Waals surface area contributed by atoms with E-state index in [4.69, 9.17) is 4.74 Å². The second-order valence-electron chi connectivity index (χ2n) is 5.10. The van der Waals surface area contributed by atoms with Gasteiger partial charge in [-0.15, -0.1) is 0 Å². The summed E-state index contributed by atoms with van der Waals surface area (Å²) in [5.74, 6) is -3.54. The maximum Gasteiger partial charge on any atom is 0.338 e. The van der Waals surface area contributed by atoms with E-state index in [1.165, 1.54) is 31.3 Å². The van der Waals surface area contributed by atoms with Gasteiger partial charge in [0.1, 0.15) is 5.82 Å². The number of esters is 1. The molecule has 11 heteroatoms. The van der Waals surface area contributed by atoms with Crippen LogP contribution < -0.4 is 10.0 Å². The first kappa shape index (κ1) is 20.9. The predicted octanol–water partition coefficient (Wildman–Crippen LogP) is 2.43. The number of benzene rings is 2. The van der Waals surface area contributed by atoms with Crippen molar-refractivity contribution in [3.63, 3.8) is 0 Å². The van der Waals surface area contributed by atoms with Gasteiger partial charge in [-0.3, -0.25) is 4.79 Å². The molecule has 0 atom stereocenters. The van der Waals surface area contributed by atoms with Gasteiger partial charge in [-0.2, -0.15) is 0 Å². The second-order valence-corrected chi connectivity index (χ2v) is 7.84. The summed E-state index contributed by atoms with van der Waals surface area (Å²) in [6.07, 6.45) is 0. The molecule has 2 aromatic rings. The molecule has 7 nitrogen and oxygen atoms in total. The Morgan fingerprint density at radius 2 is 1.78 bits per heavy atom. The van der Waals surface area contributed by atoms with Crippen molar-refractivity contribution < 1.29 is 31.5 Å². The van der Waals surface area contributed by atoms with Gasteiger partial charge in [0.25, 0.3) is 5.91 Å². The van der Waals surface area contributed by atoms with Crippen LogP contribution in [-0.2, 0) is 19.6 Å². The van der Waals surface area contributed by atoms with Crippen LogP contribution in [0.5, 0.6) is 0 Å². The minimum atomic E-state index is -3.65. The van der Waals surface area contributed by atoms with E-state index in [9.17, 15) is 26.8 Å². The zero-order valence-corrected chi connectivity index (χ0v) is 16.2. The number of hydrogen-bond acceptors (Lipinski definition) is 5. The van der Waals surface area contributed by atoms with Crippen molar-refractivity contribution in [3.05, 3.63) is 58.1 Å². The highest BCUT2D eigenvalue weighted by Gasteiger charge is 2.16. The Morgan fingerprint density at radius 1 is 1.15 bits per heavy atom. The molecule has 0 fully saturated rings. The fourth-order valence-corrected chi connectivity index (χ4v) is 3.18. The van der Waals surface area contributed by atoms with Crippen LogP contribution in [0.25, 0.3) is 0 Å². The molecule has 0 bridgehead atoms.